The van der Waals surface area contributed by atoms with Crippen molar-refractivity contribution in [2.75, 3.05) is 5.32 Å². The van der Waals surface area contributed by atoms with Crippen molar-refractivity contribution in [3.05, 3.63) is 84.1 Å². The van der Waals surface area contributed by atoms with Gasteiger partial charge in [-0.15, -0.1) is 11.3 Å². The largest absolute Gasteiger partial charge is 0.320 e. The van der Waals surface area contributed by atoms with Gasteiger partial charge in [0.05, 0.1) is 16.8 Å². The molecular weight excluding hydrogens is 351 g/mol. The summed E-state index contributed by atoms with van der Waals surface area (Å²) in [5, 5.41) is 2.80. The molecule has 1 aromatic carbocycles. The zero-order valence-corrected chi connectivity index (χ0v) is 14.3. The Morgan fingerprint density at radius 1 is 1.12 bits per heavy atom. The van der Waals surface area contributed by atoms with E-state index in [0.29, 0.717) is 26.8 Å². The van der Waals surface area contributed by atoms with Gasteiger partial charge in [0.15, 0.2) is 0 Å². The van der Waals surface area contributed by atoms with Gasteiger partial charge in [-0.25, -0.2) is 14.4 Å². The number of pyridine rings is 1. The maximum atomic E-state index is 13.9. The summed E-state index contributed by atoms with van der Waals surface area (Å²) >= 11 is 1.24. The van der Waals surface area contributed by atoms with Crippen LogP contribution in [0.1, 0.15) is 9.67 Å². The molecule has 0 radical (unpaired) electrons. The number of rotatable bonds is 4. The molecule has 0 spiro atoms. The Kier molecular flexibility index (Phi) is 4.28. The first-order chi connectivity index (χ1) is 12.7. The van der Waals surface area contributed by atoms with Crippen molar-refractivity contribution < 1.29 is 9.18 Å². The van der Waals surface area contributed by atoms with E-state index in [1.807, 2.05) is 0 Å². The molecule has 0 aliphatic heterocycles. The molecule has 0 saturated heterocycles. The van der Waals surface area contributed by atoms with E-state index in [1.54, 1.807) is 71.9 Å². The molecule has 0 unspecified atom stereocenters. The van der Waals surface area contributed by atoms with Gasteiger partial charge in [0.25, 0.3) is 5.91 Å². The number of halogens is 1. The summed E-state index contributed by atoms with van der Waals surface area (Å²) in [5.41, 5.74) is 1.07. The molecule has 5 nitrogen and oxygen atoms in total. The lowest BCUT2D eigenvalue weighted by molar-refractivity contribution is 0.103. The zero-order valence-electron chi connectivity index (χ0n) is 13.5. The number of carbonyl (C=O) groups excluding carboxylic acids is 1. The van der Waals surface area contributed by atoms with Crippen LogP contribution in [0.4, 0.5) is 10.1 Å². The fourth-order valence-electron chi connectivity index (χ4n) is 2.47. The number of nitrogens with one attached hydrogen (secondary N) is 1. The summed E-state index contributed by atoms with van der Waals surface area (Å²) < 4.78 is 15.6. The number of hydrogen-bond acceptors (Lipinski definition) is 4. The van der Waals surface area contributed by atoms with Gasteiger partial charge in [-0.05, 0) is 30.3 Å². The number of imidazole rings is 1. The molecule has 0 atom stereocenters. The van der Waals surface area contributed by atoms with Crippen LogP contribution in [0, 0.1) is 5.82 Å². The number of amides is 1. The Balaban J connectivity index is 1.49. The predicted octanol–water partition coefficient (Wildman–Crippen LogP) is 4.39. The van der Waals surface area contributed by atoms with Gasteiger partial charge in [0.2, 0.25) is 0 Å². The van der Waals surface area contributed by atoms with Crippen LogP contribution in [0.15, 0.2) is 73.4 Å². The molecular formula is C19H13FN4OS. The van der Waals surface area contributed by atoms with E-state index in [-0.39, 0.29) is 11.7 Å². The van der Waals surface area contributed by atoms with Gasteiger partial charge >= 0.3 is 0 Å². The second-order valence-corrected chi connectivity index (χ2v) is 6.56. The molecule has 0 bridgehead atoms. The van der Waals surface area contributed by atoms with E-state index in [2.05, 4.69) is 15.3 Å². The molecule has 7 heteroatoms. The standard InChI is InChI=1S/C19H13FN4OS/c20-15-4-2-1-3-14(15)16-6-7-17(26-16)19(25)23-13-5-8-18(22-11-13)24-10-9-21-12-24/h1-12H,(H,23,25). The lowest BCUT2D eigenvalue weighted by Gasteiger charge is -2.05. The molecule has 0 aliphatic rings. The van der Waals surface area contributed by atoms with Crippen LogP contribution >= 0.6 is 11.3 Å². The molecule has 3 aromatic heterocycles. The molecule has 1 amide bonds. The van der Waals surface area contributed by atoms with Crippen LogP contribution in [0.3, 0.4) is 0 Å². The number of anilines is 1. The summed E-state index contributed by atoms with van der Waals surface area (Å²) in [6.07, 6.45) is 6.69. The first-order valence-corrected chi connectivity index (χ1v) is 8.63. The molecule has 4 aromatic rings. The number of benzene rings is 1. The van der Waals surface area contributed by atoms with E-state index in [1.165, 1.54) is 17.4 Å². The Hall–Kier alpha value is -3.32. The van der Waals surface area contributed by atoms with Crippen LogP contribution in [-0.2, 0) is 0 Å². The van der Waals surface area contributed by atoms with Gasteiger partial charge in [0.1, 0.15) is 18.0 Å². The maximum Gasteiger partial charge on any atom is 0.265 e. The lowest BCUT2D eigenvalue weighted by Crippen LogP contribution is -2.10. The SMILES string of the molecule is O=C(Nc1ccc(-n2ccnc2)nc1)c1ccc(-c2ccccc2F)s1. The highest BCUT2D eigenvalue weighted by molar-refractivity contribution is 7.17. The van der Waals surface area contributed by atoms with Gasteiger partial charge in [-0.2, -0.15) is 0 Å². The average molecular weight is 364 g/mol. The van der Waals surface area contributed by atoms with Crippen LogP contribution in [0.2, 0.25) is 0 Å². The fourth-order valence-corrected chi connectivity index (χ4v) is 3.39. The summed E-state index contributed by atoms with van der Waals surface area (Å²) in [5.74, 6) is 0.147. The first-order valence-electron chi connectivity index (χ1n) is 7.81. The summed E-state index contributed by atoms with van der Waals surface area (Å²) in [4.78, 5) is 21.9. The van der Waals surface area contributed by atoms with Crippen molar-refractivity contribution in [1.29, 1.82) is 0 Å². The maximum absolute atomic E-state index is 13.9. The van der Waals surface area contributed by atoms with Gasteiger partial charge in [-0.3, -0.25) is 9.36 Å². The normalized spacial score (nSPS) is 10.7. The highest BCUT2D eigenvalue weighted by Gasteiger charge is 2.13. The molecule has 26 heavy (non-hydrogen) atoms. The number of aromatic nitrogens is 3. The Morgan fingerprint density at radius 3 is 2.73 bits per heavy atom. The summed E-state index contributed by atoms with van der Waals surface area (Å²) in [6.45, 7) is 0. The molecule has 3 heterocycles. The number of thiophene rings is 1. The summed E-state index contributed by atoms with van der Waals surface area (Å²) in [6, 6.07) is 13.5. The van der Waals surface area contributed by atoms with E-state index < -0.39 is 0 Å². The third-order valence-corrected chi connectivity index (χ3v) is 4.86. The van der Waals surface area contributed by atoms with Crippen LogP contribution < -0.4 is 5.32 Å². The molecule has 0 saturated carbocycles. The molecule has 0 aliphatic carbocycles. The van der Waals surface area contributed by atoms with E-state index in [9.17, 15) is 9.18 Å². The zero-order chi connectivity index (χ0) is 17.9. The van der Waals surface area contributed by atoms with Crippen LogP contribution in [0.5, 0.6) is 0 Å². The molecule has 0 fully saturated rings. The van der Waals surface area contributed by atoms with E-state index >= 15 is 0 Å². The van der Waals surface area contributed by atoms with Crippen molar-refractivity contribution in [2.24, 2.45) is 0 Å². The van der Waals surface area contributed by atoms with Crippen molar-refractivity contribution >= 4 is 22.9 Å². The minimum absolute atomic E-state index is 0.255. The molecule has 4 rings (SSSR count). The van der Waals surface area contributed by atoms with Crippen molar-refractivity contribution in [1.82, 2.24) is 14.5 Å². The predicted molar refractivity (Wildman–Crippen MR) is 99.0 cm³/mol. The Labute approximate surface area is 152 Å². The van der Waals surface area contributed by atoms with Gasteiger partial charge in [0, 0.05) is 22.8 Å². The highest BCUT2D eigenvalue weighted by atomic mass is 32.1. The minimum Gasteiger partial charge on any atom is -0.320 e. The smallest absolute Gasteiger partial charge is 0.265 e. The minimum atomic E-state index is -0.305. The van der Waals surface area contributed by atoms with Crippen molar-refractivity contribution in [3.63, 3.8) is 0 Å². The van der Waals surface area contributed by atoms with Gasteiger partial charge < -0.3 is 5.32 Å². The van der Waals surface area contributed by atoms with Crippen molar-refractivity contribution in [3.8, 4) is 16.3 Å². The second kappa shape index (κ2) is 6.89. The van der Waals surface area contributed by atoms with E-state index in [4.69, 9.17) is 0 Å². The number of carbonyl (C=O) groups is 1. The first kappa shape index (κ1) is 16.2. The topological polar surface area (TPSA) is 59.8 Å². The quantitative estimate of drug-likeness (QED) is 0.584. The second-order valence-electron chi connectivity index (χ2n) is 5.47. The van der Waals surface area contributed by atoms with E-state index in [0.717, 1.165) is 0 Å². The fraction of sp³-hybridized carbons (Fsp3) is 0. The molecule has 1 N–H and O–H groups in total. The van der Waals surface area contributed by atoms with Crippen LogP contribution in [0.25, 0.3) is 16.3 Å². The number of nitrogens with zero attached hydrogens (tertiary/aromatic N) is 3. The lowest BCUT2D eigenvalue weighted by atomic mass is 10.2. The summed E-state index contributed by atoms with van der Waals surface area (Å²) in [7, 11) is 0. The van der Waals surface area contributed by atoms with Gasteiger partial charge in [-0.1, -0.05) is 18.2 Å². The highest BCUT2D eigenvalue weighted by Crippen LogP contribution is 2.30. The third kappa shape index (κ3) is 3.25. The third-order valence-electron chi connectivity index (χ3n) is 3.74. The Bertz CT molecular complexity index is 1040. The monoisotopic (exact) mass is 364 g/mol. The number of hydrogen-bond donors (Lipinski definition) is 1. The van der Waals surface area contributed by atoms with Crippen molar-refractivity contribution in [2.45, 2.75) is 0 Å². The van der Waals surface area contributed by atoms with Crippen LogP contribution in [-0.4, -0.2) is 20.4 Å². The molecule has 128 valence electrons. The Morgan fingerprint density at radius 2 is 2.00 bits per heavy atom. The average Bonchev–Trinajstić information content (AvgIpc) is 3.35.